The molecule has 5 saturated carbocycles. The molecule has 0 heteroatoms. The highest BCUT2D eigenvalue weighted by Crippen LogP contribution is 2.80. The summed E-state index contributed by atoms with van der Waals surface area (Å²) in [6, 6.07) is 11.3. The van der Waals surface area contributed by atoms with Crippen LogP contribution in [0.2, 0.25) is 0 Å². The number of rotatable bonds is 0. The van der Waals surface area contributed by atoms with Crippen molar-refractivity contribution < 1.29 is 0 Å². The fraction of sp³-hybridized carbons (Fsp3) is 0.591. The van der Waals surface area contributed by atoms with Gasteiger partial charge in [-0.15, -0.1) is 0 Å². The SMILES string of the molecule is Cc1c(C)c(C)c2c(c1C)C1C3CC(C4c5cc6c(cc5C34)-c3cc4c(cc3C63CCCCC3)C3C5CC(C(C)C5C)C43)C21. The molecule has 44 heavy (non-hydrogen) atoms. The van der Waals surface area contributed by atoms with Crippen molar-refractivity contribution in [2.24, 2.45) is 35.5 Å². The van der Waals surface area contributed by atoms with Gasteiger partial charge in [0.05, 0.1) is 0 Å². The van der Waals surface area contributed by atoms with E-state index in [0.717, 1.165) is 71.0 Å². The van der Waals surface area contributed by atoms with E-state index in [-0.39, 0.29) is 0 Å². The van der Waals surface area contributed by atoms with Crippen molar-refractivity contribution in [3.05, 3.63) is 91.0 Å². The summed E-state index contributed by atoms with van der Waals surface area (Å²) in [5.41, 5.74) is 24.4. The lowest BCUT2D eigenvalue weighted by Gasteiger charge is -2.55. The van der Waals surface area contributed by atoms with Gasteiger partial charge < -0.3 is 0 Å². The molecule has 9 aliphatic rings. The predicted octanol–water partition coefficient (Wildman–Crippen LogP) is 11.0. The van der Waals surface area contributed by atoms with E-state index in [1.54, 1.807) is 77.9 Å². The number of benzene rings is 3. The quantitative estimate of drug-likeness (QED) is 0.234. The topological polar surface area (TPSA) is 0 Å². The zero-order valence-corrected chi connectivity index (χ0v) is 27.7. The van der Waals surface area contributed by atoms with Crippen LogP contribution in [0.5, 0.6) is 0 Å². The molecule has 224 valence electrons. The van der Waals surface area contributed by atoms with Gasteiger partial charge in [-0.2, -0.15) is 0 Å². The van der Waals surface area contributed by atoms with Crippen LogP contribution in [0.25, 0.3) is 11.1 Å². The van der Waals surface area contributed by atoms with Crippen molar-refractivity contribution in [2.75, 3.05) is 0 Å². The summed E-state index contributed by atoms with van der Waals surface area (Å²) in [5.74, 6) is 10.6. The molecule has 0 aliphatic heterocycles. The molecule has 12 rings (SSSR count). The first-order valence-electron chi connectivity index (χ1n) is 18.8. The molecule has 3 aromatic rings. The van der Waals surface area contributed by atoms with Crippen molar-refractivity contribution in [3.8, 4) is 11.1 Å². The minimum atomic E-state index is 0.297. The molecule has 4 bridgehead atoms. The molecule has 0 saturated heterocycles. The summed E-state index contributed by atoms with van der Waals surface area (Å²) in [6.07, 6.45) is 10.00. The Hall–Kier alpha value is -2.34. The maximum atomic E-state index is 2.86. The Bertz CT molecular complexity index is 1900. The Morgan fingerprint density at radius 3 is 1.36 bits per heavy atom. The molecule has 0 heterocycles. The number of hydrogen-bond acceptors (Lipinski definition) is 0. The van der Waals surface area contributed by atoms with Gasteiger partial charge >= 0.3 is 0 Å². The van der Waals surface area contributed by atoms with Crippen LogP contribution in [0.1, 0.15) is 161 Å². The van der Waals surface area contributed by atoms with E-state index in [0.29, 0.717) is 5.41 Å². The van der Waals surface area contributed by atoms with E-state index in [4.69, 9.17) is 0 Å². The second-order valence-corrected chi connectivity index (χ2v) is 18.0. The van der Waals surface area contributed by atoms with Crippen LogP contribution in [0.4, 0.5) is 0 Å². The lowest BCUT2D eigenvalue weighted by molar-refractivity contribution is 0.181. The Morgan fingerprint density at radius 2 is 0.886 bits per heavy atom. The fourth-order valence-electron chi connectivity index (χ4n) is 15.3. The first kappa shape index (κ1) is 24.8. The summed E-state index contributed by atoms with van der Waals surface area (Å²) >= 11 is 0. The molecule has 0 radical (unpaired) electrons. The lowest BCUT2D eigenvalue weighted by atomic mass is 9.48. The summed E-state index contributed by atoms with van der Waals surface area (Å²) < 4.78 is 0. The van der Waals surface area contributed by atoms with E-state index in [2.05, 4.69) is 65.8 Å². The summed E-state index contributed by atoms with van der Waals surface area (Å²) in [6.45, 7) is 14.8. The number of hydrogen-bond donors (Lipinski definition) is 0. The average molecular weight is 577 g/mol. The third-order valence-electron chi connectivity index (χ3n) is 17.6. The summed E-state index contributed by atoms with van der Waals surface area (Å²) in [7, 11) is 0. The van der Waals surface area contributed by atoms with Gasteiger partial charge in [0.1, 0.15) is 0 Å². The molecule has 0 N–H and O–H groups in total. The molecular formula is C44H48. The number of fused-ring (bicyclic) bond motifs is 27. The molecule has 12 atom stereocenters. The van der Waals surface area contributed by atoms with E-state index in [9.17, 15) is 0 Å². The second kappa shape index (κ2) is 7.45. The predicted molar refractivity (Wildman–Crippen MR) is 179 cm³/mol. The zero-order chi connectivity index (χ0) is 29.3. The molecule has 0 amide bonds. The third kappa shape index (κ3) is 2.33. The fourth-order valence-corrected chi connectivity index (χ4v) is 15.3. The van der Waals surface area contributed by atoms with E-state index in [1.807, 2.05) is 0 Å². The Labute approximate surface area is 264 Å². The maximum absolute atomic E-state index is 2.86. The van der Waals surface area contributed by atoms with Gasteiger partial charge in [0.15, 0.2) is 0 Å². The van der Waals surface area contributed by atoms with Crippen molar-refractivity contribution in [3.63, 3.8) is 0 Å². The van der Waals surface area contributed by atoms with Crippen LogP contribution in [0.3, 0.4) is 0 Å². The van der Waals surface area contributed by atoms with Crippen molar-refractivity contribution in [1.29, 1.82) is 0 Å². The molecule has 12 unspecified atom stereocenters. The first-order valence-corrected chi connectivity index (χ1v) is 18.8. The standard InChI is InChI=1S/C44H48/c1-18-19(2)23(6)37-36(22(18)5)42-32-15-33(43(37)42)41-31-17-35-27(14-29(31)40(32)41)26-13-28-30(16-34(26)44(35)10-8-7-9-11-44)39-25-12-24(38(28)39)20(3)21(25)4/h13-14,16-17,20-21,24-25,32-33,38-43H,7-12,15H2,1-6H3. The Kier molecular flexibility index (Phi) is 4.20. The maximum Gasteiger partial charge on any atom is 0.0215 e. The van der Waals surface area contributed by atoms with Crippen LogP contribution in [0.15, 0.2) is 24.3 Å². The summed E-state index contributed by atoms with van der Waals surface area (Å²) in [5, 5.41) is 0. The highest BCUT2D eigenvalue weighted by atomic mass is 14.7. The lowest BCUT2D eigenvalue weighted by Crippen LogP contribution is -2.43. The van der Waals surface area contributed by atoms with E-state index < -0.39 is 0 Å². The highest BCUT2D eigenvalue weighted by molar-refractivity contribution is 5.85. The molecule has 9 aliphatic carbocycles. The largest absolute Gasteiger partial charge is 0.0620 e. The van der Waals surface area contributed by atoms with Gasteiger partial charge in [0.25, 0.3) is 0 Å². The normalized spacial score (nSPS) is 42.3. The van der Waals surface area contributed by atoms with Gasteiger partial charge in [0.2, 0.25) is 0 Å². The molecule has 1 spiro atoms. The van der Waals surface area contributed by atoms with Crippen molar-refractivity contribution in [1.82, 2.24) is 0 Å². The van der Waals surface area contributed by atoms with Crippen LogP contribution >= 0.6 is 0 Å². The molecule has 5 fully saturated rings. The smallest absolute Gasteiger partial charge is 0.0215 e. The third-order valence-corrected chi connectivity index (χ3v) is 17.6. The van der Waals surface area contributed by atoms with Crippen molar-refractivity contribution >= 4 is 0 Å². The summed E-state index contributed by atoms with van der Waals surface area (Å²) in [4.78, 5) is 0. The molecule has 0 aromatic heterocycles. The van der Waals surface area contributed by atoms with Gasteiger partial charge in [-0.1, -0.05) is 57.4 Å². The Morgan fingerprint density at radius 1 is 0.477 bits per heavy atom. The van der Waals surface area contributed by atoms with Gasteiger partial charge in [-0.05, 0) is 202 Å². The van der Waals surface area contributed by atoms with Crippen molar-refractivity contribution in [2.45, 2.75) is 127 Å². The molecule has 3 aromatic carbocycles. The van der Waals surface area contributed by atoms with Gasteiger partial charge in [-0.25, -0.2) is 0 Å². The average Bonchev–Trinajstić information content (AvgIpc) is 3.73. The monoisotopic (exact) mass is 576 g/mol. The van der Waals surface area contributed by atoms with E-state index in [1.165, 1.54) is 44.9 Å². The van der Waals surface area contributed by atoms with Gasteiger partial charge in [0, 0.05) is 5.41 Å². The molecular weight excluding hydrogens is 528 g/mol. The van der Waals surface area contributed by atoms with Gasteiger partial charge in [-0.3, -0.25) is 0 Å². The minimum Gasteiger partial charge on any atom is -0.0620 e. The highest BCUT2D eigenvalue weighted by Gasteiger charge is 2.68. The second-order valence-electron chi connectivity index (χ2n) is 18.0. The Balaban J connectivity index is 1.00. The van der Waals surface area contributed by atoms with Crippen LogP contribution < -0.4 is 0 Å². The first-order chi connectivity index (χ1) is 21.3. The van der Waals surface area contributed by atoms with Crippen LogP contribution in [-0.4, -0.2) is 0 Å². The zero-order valence-electron chi connectivity index (χ0n) is 27.7. The minimum absolute atomic E-state index is 0.297. The van der Waals surface area contributed by atoms with Crippen LogP contribution in [-0.2, 0) is 5.41 Å². The molecule has 0 nitrogen and oxygen atoms in total. The van der Waals surface area contributed by atoms with Crippen LogP contribution in [0, 0.1) is 63.2 Å². The van der Waals surface area contributed by atoms with E-state index >= 15 is 0 Å².